The van der Waals surface area contributed by atoms with Gasteiger partial charge in [0.2, 0.25) is 0 Å². The maximum Gasteiger partial charge on any atom is 0.193 e. The Bertz CT molecular complexity index is 820. The summed E-state index contributed by atoms with van der Waals surface area (Å²) < 4.78 is 0. The quantitative estimate of drug-likeness (QED) is 0.454. The maximum absolute atomic E-state index is 12.4. The molecule has 0 saturated carbocycles. The molecule has 1 atom stereocenters. The summed E-state index contributed by atoms with van der Waals surface area (Å²) in [6, 6.07) is 26.7. The van der Waals surface area contributed by atoms with E-state index in [1.54, 1.807) is 0 Å². The number of nitrogens with one attached hydrogen (secondary N) is 1. The van der Waals surface area contributed by atoms with Crippen LogP contribution >= 0.6 is 12.4 Å². The third kappa shape index (κ3) is 6.04. The summed E-state index contributed by atoms with van der Waals surface area (Å²) in [5, 5.41) is 13.4. The third-order valence-corrected chi connectivity index (χ3v) is 4.36. The fraction of sp³-hybridized carbons (Fsp3) is 0.174. The van der Waals surface area contributed by atoms with Crippen molar-refractivity contribution in [3.05, 3.63) is 107 Å². The largest absolute Gasteiger partial charge is 0.387 e. The maximum atomic E-state index is 12.4. The number of hydrogen-bond acceptors (Lipinski definition) is 3. The van der Waals surface area contributed by atoms with E-state index < -0.39 is 6.10 Å². The van der Waals surface area contributed by atoms with Crippen molar-refractivity contribution in [1.29, 1.82) is 0 Å². The Hall–Kier alpha value is -2.46. The van der Waals surface area contributed by atoms with Crippen molar-refractivity contribution in [2.75, 3.05) is 13.1 Å². The molecule has 0 heterocycles. The number of aliphatic hydroxyl groups is 1. The first-order valence-corrected chi connectivity index (χ1v) is 8.86. The van der Waals surface area contributed by atoms with Crippen LogP contribution in [0, 0.1) is 0 Å². The molecule has 0 aliphatic rings. The van der Waals surface area contributed by atoms with E-state index in [4.69, 9.17) is 0 Å². The third-order valence-electron chi connectivity index (χ3n) is 4.36. The predicted molar refractivity (Wildman–Crippen MR) is 112 cm³/mol. The number of hydrogen-bond donors (Lipinski definition) is 2. The van der Waals surface area contributed by atoms with Crippen molar-refractivity contribution in [3.8, 4) is 0 Å². The second-order valence-electron chi connectivity index (χ2n) is 6.27. The summed E-state index contributed by atoms with van der Waals surface area (Å²) in [7, 11) is 0. The van der Waals surface area contributed by atoms with E-state index in [9.17, 15) is 9.90 Å². The van der Waals surface area contributed by atoms with E-state index in [0.29, 0.717) is 17.7 Å². The van der Waals surface area contributed by atoms with Crippen LogP contribution in [0.4, 0.5) is 0 Å². The lowest BCUT2D eigenvalue weighted by molar-refractivity contribution is 0.103. The number of carbonyl (C=O) groups is 1. The SMILES string of the molecule is Cl.O=C(c1ccccc1)c1ccc(CCNCC(O)c2ccccc2)cc1. The summed E-state index contributed by atoms with van der Waals surface area (Å²) in [6.45, 7) is 1.30. The summed E-state index contributed by atoms with van der Waals surface area (Å²) in [4.78, 5) is 12.4. The molecule has 3 aromatic carbocycles. The topological polar surface area (TPSA) is 49.3 Å². The van der Waals surface area contributed by atoms with Crippen LogP contribution in [0.2, 0.25) is 0 Å². The van der Waals surface area contributed by atoms with Crippen molar-refractivity contribution >= 4 is 18.2 Å². The van der Waals surface area contributed by atoms with Crippen LogP contribution in [0.15, 0.2) is 84.9 Å². The van der Waals surface area contributed by atoms with Gasteiger partial charge in [0.05, 0.1) is 6.10 Å². The van der Waals surface area contributed by atoms with Crippen LogP contribution in [0.3, 0.4) is 0 Å². The zero-order valence-electron chi connectivity index (χ0n) is 15.0. The van der Waals surface area contributed by atoms with Crippen LogP contribution in [-0.2, 0) is 6.42 Å². The van der Waals surface area contributed by atoms with Crippen LogP contribution < -0.4 is 5.32 Å². The molecule has 3 aromatic rings. The fourth-order valence-electron chi connectivity index (χ4n) is 2.84. The highest BCUT2D eigenvalue weighted by Gasteiger charge is 2.08. The average molecular weight is 382 g/mol. The van der Waals surface area contributed by atoms with Crippen LogP contribution in [-0.4, -0.2) is 24.0 Å². The molecule has 0 spiro atoms. The molecule has 2 N–H and O–H groups in total. The van der Waals surface area contributed by atoms with Gasteiger partial charge < -0.3 is 10.4 Å². The fourth-order valence-corrected chi connectivity index (χ4v) is 2.84. The highest BCUT2D eigenvalue weighted by atomic mass is 35.5. The second-order valence-corrected chi connectivity index (χ2v) is 6.27. The molecule has 3 rings (SSSR count). The number of rotatable bonds is 8. The first kappa shape index (κ1) is 20.8. The normalized spacial score (nSPS) is 11.4. The molecule has 0 fully saturated rings. The molecular weight excluding hydrogens is 358 g/mol. The second kappa shape index (κ2) is 10.6. The highest BCUT2D eigenvalue weighted by molar-refractivity contribution is 6.08. The van der Waals surface area contributed by atoms with E-state index in [1.807, 2.05) is 84.9 Å². The molecule has 0 aliphatic heterocycles. The van der Waals surface area contributed by atoms with Gasteiger partial charge in [-0.1, -0.05) is 84.9 Å². The molecule has 0 aromatic heterocycles. The first-order valence-electron chi connectivity index (χ1n) is 8.86. The molecule has 3 nitrogen and oxygen atoms in total. The van der Waals surface area contributed by atoms with Gasteiger partial charge >= 0.3 is 0 Å². The zero-order valence-corrected chi connectivity index (χ0v) is 15.9. The van der Waals surface area contributed by atoms with Gasteiger partial charge in [0.25, 0.3) is 0 Å². The van der Waals surface area contributed by atoms with Crippen molar-refractivity contribution in [2.24, 2.45) is 0 Å². The van der Waals surface area contributed by atoms with E-state index >= 15 is 0 Å². The van der Waals surface area contributed by atoms with Gasteiger partial charge in [-0.15, -0.1) is 12.4 Å². The van der Waals surface area contributed by atoms with Crippen molar-refractivity contribution in [2.45, 2.75) is 12.5 Å². The molecule has 1 unspecified atom stereocenters. The Morgan fingerprint density at radius 2 is 1.37 bits per heavy atom. The molecule has 0 amide bonds. The van der Waals surface area contributed by atoms with E-state index in [0.717, 1.165) is 24.1 Å². The Kier molecular flexibility index (Phi) is 8.21. The van der Waals surface area contributed by atoms with E-state index in [-0.39, 0.29) is 18.2 Å². The lowest BCUT2D eigenvalue weighted by Gasteiger charge is -2.12. The molecule has 4 heteroatoms. The van der Waals surface area contributed by atoms with Gasteiger partial charge in [-0.3, -0.25) is 4.79 Å². The van der Waals surface area contributed by atoms with Crippen LogP contribution in [0.25, 0.3) is 0 Å². The Morgan fingerprint density at radius 3 is 2.00 bits per heavy atom. The van der Waals surface area contributed by atoms with Crippen molar-refractivity contribution in [1.82, 2.24) is 5.32 Å². The minimum atomic E-state index is -0.498. The number of carbonyl (C=O) groups excluding carboxylic acids is 1. The monoisotopic (exact) mass is 381 g/mol. The van der Waals surface area contributed by atoms with Crippen molar-refractivity contribution in [3.63, 3.8) is 0 Å². The molecule has 140 valence electrons. The van der Waals surface area contributed by atoms with E-state index in [2.05, 4.69) is 5.32 Å². The molecule has 0 aliphatic carbocycles. The van der Waals surface area contributed by atoms with Gasteiger partial charge in [-0.05, 0) is 24.1 Å². The lowest BCUT2D eigenvalue weighted by Crippen LogP contribution is -2.23. The van der Waals surface area contributed by atoms with E-state index in [1.165, 1.54) is 0 Å². The average Bonchev–Trinajstić information content (AvgIpc) is 2.72. The molecule has 27 heavy (non-hydrogen) atoms. The standard InChI is InChI=1S/C23H23NO2.ClH/c25-22(19-7-3-1-4-8-19)17-24-16-15-18-11-13-21(14-12-18)23(26)20-9-5-2-6-10-20;/h1-14,22,24-25H,15-17H2;1H. The molecule has 0 bridgehead atoms. The molecular formula is C23H24ClNO2. The van der Waals surface area contributed by atoms with Crippen molar-refractivity contribution < 1.29 is 9.90 Å². The molecule has 0 radical (unpaired) electrons. The number of ketones is 1. The van der Waals surface area contributed by atoms with Gasteiger partial charge in [0, 0.05) is 17.7 Å². The highest BCUT2D eigenvalue weighted by Crippen LogP contribution is 2.12. The lowest BCUT2D eigenvalue weighted by atomic mass is 10.0. The van der Waals surface area contributed by atoms with Gasteiger partial charge in [-0.25, -0.2) is 0 Å². The Balaban J connectivity index is 0.00000261. The number of halogens is 1. The molecule has 0 saturated heterocycles. The predicted octanol–water partition coefficient (Wildman–Crippen LogP) is 4.21. The Morgan fingerprint density at radius 1 is 0.815 bits per heavy atom. The number of benzene rings is 3. The summed E-state index contributed by atoms with van der Waals surface area (Å²) in [5.41, 5.74) is 3.49. The number of aliphatic hydroxyl groups excluding tert-OH is 1. The van der Waals surface area contributed by atoms with Gasteiger partial charge in [0.15, 0.2) is 5.78 Å². The van der Waals surface area contributed by atoms with Gasteiger partial charge in [0.1, 0.15) is 0 Å². The zero-order chi connectivity index (χ0) is 18.2. The summed E-state index contributed by atoms with van der Waals surface area (Å²) >= 11 is 0. The summed E-state index contributed by atoms with van der Waals surface area (Å²) in [6.07, 6.45) is 0.350. The van der Waals surface area contributed by atoms with Crippen LogP contribution in [0.1, 0.15) is 33.2 Å². The Labute approximate surface area is 166 Å². The smallest absolute Gasteiger partial charge is 0.193 e. The first-order chi connectivity index (χ1) is 12.7. The summed E-state index contributed by atoms with van der Waals surface area (Å²) in [5.74, 6) is 0.0428. The van der Waals surface area contributed by atoms with Gasteiger partial charge in [-0.2, -0.15) is 0 Å². The van der Waals surface area contributed by atoms with Crippen LogP contribution in [0.5, 0.6) is 0 Å². The minimum absolute atomic E-state index is 0. The minimum Gasteiger partial charge on any atom is -0.387 e.